The molecule has 0 atom stereocenters. The van der Waals surface area contributed by atoms with Gasteiger partial charge in [0.05, 0.1) is 11.4 Å². The predicted molar refractivity (Wildman–Crippen MR) is 73.0 cm³/mol. The molecule has 2 aromatic rings. The van der Waals surface area contributed by atoms with Crippen LogP contribution in [0, 0.1) is 5.82 Å². The van der Waals surface area contributed by atoms with E-state index in [1.807, 2.05) is 12.1 Å². The number of ether oxygens (including phenoxy) is 1. The molecule has 0 unspecified atom stereocenters. The molecule has 1 amide bonds. The lowest BCUT2D eigenvalue weighted by atomic mass is 10.3. The molecule has 20 heavy (non-hydrogen) atoms. The Labute approximate surface area is 115 Å². The lowest BCUT2D eigenvalue weighted by Crippen LogP contribution is -2.25. The van der Waals surface area contributed by atoms with Crippen LogP contribution in [0.3, 0.4) is 0 Å². The number of nitrogens with one attached hydrogen (secondary N) is 2. The minimum absolute atomic E-state index is 0.187. The van der Waals surface area contributed by atoms with Crippen molar-refractivity contribution < 1.29 is 13.9 Å². The molecule has 0 bridgehead atoms. The summed E-state index contributed by atoms with van der Waals surface area (Å²) >= 11 is 0. The molecule has 0 aliphatic rings. The number of aromatic amines is 1. The van der Waals surface area contributed by atoms with Crippen LogP contribution in [0.25, 0.3) is 0 Å². The van der Waals surface area contributed by atoms with E-state index in [0.29, 0.717) is 11.5 Å². The number of H-pyrrole nitrogens is 1. The maximum Gasteiger partial charge on any atom is 0.277 e. The molecule has 0 radical (unpaired) electrons. The van der Waals surface area contributed by atoms with Crippen LogP contribution in [0.2, 0.25) is 0 Å². The highest BCUT2D eigenvalue weighted by atomic mass is 19.1. The van der Waals surface area contributed by atoms with Gasteiger partial charge in [-0.05, 0) is 43.3 Å². The standard InChI is InChI=1S/C14H14FN3O2/c1-10(13-3-2-8-16-13)17-18-14(19)9-20-12-6-4-11(15)5-7-12/h2-8,16H,9H2,1H3,(H,18,19)/b17-10+. The van der Waals surface area contributed by atoms with Gasteiger partial charge in [0.25, 0.3) is 5.91 Å². The van der Waals surface area contributed by atoms with Crippen molar-refractivity contribution in [2.45, 2.75) is 6.92 Å². The Morgan fingerprint density at radius 3 is 2.75 bits per heavy atom. The first kappa shape index (κ1) is 13.8. The Bertz CT molecular complexity index is 591. The summed E-state index contributed by atoms with van der Waals surface area (Å²) in [5.41, 5.74) is 3.86. The highest BCUT2D eigenvalue weighted by Crippen LogP contribution is 2.10. The molecule has 0 saturated carbocycles. The first-order valence-corrected chi connectivity index (χ1v) is 6.00. The smallest absolute Gasteiger partial charge is 0.277 e. The van der Waals surface area contributed by atoms with Crippen LogP contribution < -0.4 is 10.2 Å². The number of hydrogen-bond acceptors (Lipinski definition) is 3. The summed E-state index contributed by atoms with van der Waals surface area (Å²) in [4.78, 5) is 14.5. The van der Waals surface area contributed by atoms with Gasteiger partial charge in [0.2, 0.25) is 0 Å². The molecule has 6 heteroatoms. The van der Waals surface area contributed by atoms with E-state index in [9.17, 15) is 9.18 Å². The Morgan fingerprint density at radius 2 is 2.10 bits per heavy atom. The zero-order valence-corrected chi connectivity index (χ0v) is 10.9. The third-order valence-electron chi connectivity index (χ3n) is 2.52. The number of hydrogen-bond donors (Lipinski definition) is 2. The van der Waals surface area contributed by atoms with E-state index in [0.717, 1.165) is 5.69 Å². The van der Waals surface area contributed by atoms with Gasteiger partial charge in [0.1, 0.15) is 11.6 Å². The van der Waals surface area contributed by atoms with Crippen molar-refractivity contribution in [3.8, 4) is 5.75 Å². The molecule has 0 fully saturated rings. The fourth-order valence-corrected chi connectivity index (χ4v) is 1.47. The predicted octanol–water partition coefficient (Wildman–Crippen LogP) is 2.07. The number of nitrogens with zero attached hydrogens (tertiary/aromatic N) is 1. The second kappa shape index (κ2) is 6.51. The van der Waals surface area contributed by atoms with Crippen molar-refractivity contribution in [2.24, 2.45) is 5.10 Å². The van der Waals surface area contributed by atoms with Gasteiger partial charge < -0.3 is 9.72 Å². The van der Waals surface area contributed by atoms with Crippen molar-refractivity contribution in [1.82, 2.24) is 10.4 Å². The highest BCUT2D eigenvalue weighted by Gasteiger charge is 2.03. The van der Waals surface area contributed by atoms with E-state index >= 15 is 0 Å². The number of rotatable bonds is 5. The maximum absolute atomic E-state index is 12.7. The summed E-state index contributed by atoms with van der Waals surface area (Å²) in [7, 11) is 0. The van der Waals surface area contributed by atoms with Crippen molar-refractivity contribution in [2.75, 3.05) is 6.61 Å². The summed E-state index contributed by atoms with van der Waals surface area (Å²) in [6.45, 7) is 1.58. The molecule has 1 aromatic heterocycles. The molecule has 104 valence electrons. The summed E-state index contributed by atoms with van der Waals surface area (Å²) < 4.78 is 17.9. The normalized spacial score (nSPS) is 11.2. The van der Waals surface area contributed by atoms with Gasteiger partial charge in [-0.25, -0.2) is 9.82 Å². The SMILES string of the molecule is C/C(=N\NC(=O)COc1ccc(F)cc1)c1ccc[nH]1. The minimum atomic E-state index is -0.389. The van der Waals surface area contributed by atoms with E-state index in [1.54, 1.807) is 13.1 Å². The van der Waals surface area contributed by atoms with Crippen LogP contribution in [0.4, 0.5) is 4.39 Å². The average Bonchev–Trinajstić information content (AvgIpc) is 2.98. The van der Waals surface area contributed by atoms with Crippen LogP contribution in [-0.2, 0) is 4.79 Å². The molecule has 2 rings (SSSR count). The first-order valence-electron chi connectivity index (χ1n) is 6.00. The zero-order chi connectivity index (χ0) is 14.4. The molecule has 0 aliphatic carbocycles. The van der Waals surface area contributed by atoms with Gasteiger partial charge in [-0.15, -0.1) is 0 Å². The van der Waals surface area contributed by atoms with Crippen LogP contribution in [0.15, 0.2) is 47.7 Å². The van der Waals surface area contributed by atoms with E-state index in [2.05, 4.69) is 15.5 Å². The monoisotopic (exact) mass is 275 g/mol. The number of carbonyl (C=O) groups is 1. The second-order valence-electron chi connectivity index (χ2n) is 4.06. The van der Waals surface area contributed by atoms with Crippen LogP contribution in [0.5, 0.6) is 5.75 Å². The van der Waals surface area contributed by atoms with Gasteiger partial charge in [0.15, 0.2) is 6.61 Å². The number of carbonyl (C=O) groups excluding carboxylic acids is 1. The minimum Gasteiger partial charge on any atom is -0.484 e. The number of aromatic nitrogens is 1. The maximum atomic E-state index is 12.7. The molecule has 2 N–H and O–H groups in total. The Morgan fingerprint density at radius 1 is 1.35 bits per heavy atom. The van der Waals surface area contributed by atoms with E-state index < -0.39 is 0 Å². The average molecular weight is 275 g/mol. The Balaban J connectivity index is 1.81. The van der Waals surface area contributed by atoms with Gasteiger partial charge >= 0.3 is 0 Å². The van der Waals surface area contributed by atoms with Gasteiger partial charge in [-0.3, -0.25) is 4.79 Å². The number of hydrazone groups is 1. The topological polar surface area (TPSA) is 66.5 Å². The largest absolute Gasteiger partial charge is 0.484 e. The molecule has 1 heterocycles. The van der Waals surface area contributed by atoms with Gasteiger partial charge in [-0.1, -0.05) is 0 Å². The fraction of sp³-hybridized carbons (Fsp3) is 0.143. The number of halogens is 1. The second-order valence-corrected chi connectivity index (χ2v) is 4.06. The third kappa shape index (κ3) is 3.94. The Kier molecular flexibility index (Phi) is 4.49. The lowest BCUT2D eigenvalue weighted by Gasteiger charge is -2.05. The lowest BCUT2D eigenvalue weighted by molar-refractivity contribution is -0.123. The molecule has 0 aliphatic heterocycles. The van der Waals surface area contributed by atoms with Crippen molar-refractivity contribution >= 4 is 11.6 Å². The highest BCUT2D eigenvalue weighted by molar-refractivity contribution is 5.97. The summed E-state index contributed by atoms with van der Waals surface area (Å²) in [6, 6.07) is 9.13. The fourth-order valence-electron chi connectivity index (χ4n) is 1.47. The summed E-state index contributed by atoms with van der Waals surface area (Å²) in [5.74, 6) is -0.320. The first-order chi connectivity index (χ1) is 9.65. The Hall–Kier alpha value is -2.63. The van der Waals surface area contributed by atoms with E-state index in [-0.39, 0.29) is 18.3 Å². The van der Waals surface area contributed by atoms with E-state index in [4.69, 9.17) is 4.74 Å². The molecule has 0 saturated heterocycles. The summed E-state index contributed by atoms with van der Waals surface area (Å²) in [6.07, 6.45) is 1.77. The quantitative estimate of drug-likeness (QED) is 0.648. The molecule has 5 nitrogen and oxygen atoms in total. The van der Waals surface area contributed by atoms with Crippen molar-refractivity contribution in [3.05, 3.63) is 54.1 Å². The van der Waals surface area contributed by atoms with Gasteiger partial charge in [-0.2, -0.15) is 5.10 Å². The molecular weight excluding hydrogens is 261 g/mol. The number of amides is 1. The summed E-state index contributed by atoms with van der Waals surface area (Å²) in [5, 5.41) is 3.94. The van der Waals surface area contributed by atoms with Crippen molar-refractivity contribution in [3.63, 3.8) is 0 Å². The molecular formula is C14H14FN3O2. The molecule has 0 spiro atoms. The van der Waals surface area contributed by atoms with Gasteiger partial charge in [0, 0.05) is 6.20 Å². The van der Waals surface area contributed by atoms with Crippen LogP contribution >= 0.6 is 0 Å². The van der Waals surface area contributed by atoms with E-state index in [1.165, 1.54) is 24.3 Å². The third-order valence-corrected chi connectivity index (χ3v) is 2.52. The number of benzene rings is 1. The zero-order valence-electron chi connectivity index (χ0n) is 10.9. The van der Waals surface area contributed by atoms with Crippen LogP contribution in [0.1, 0.15) is 12.6 Å². The molecule has 1 aromatic carbocycles. The van der Waals surface area contributed by atoms with Crippen molar-refractivity contribution in [1.29, 1.82) is 0 Å². The van der Waals surface area contributed by atoms with Crippen LogP contribution in [-0.4, -0.2) is 23.2 Å².